The van der Waals surface area contributed by atoms with Crippen LogP contribution in [0.1, 0.15) is 22.8 Å². The summed E-state index contributed by atoms with van der Waals surface area (Å²) >= 11 is 4.72. The van der Waals surface area contributed by atoms with Gasteiger partial charge in [0.2, 0.25) is 0 Å². The normalized spacial score (nSPS) is 10.2. The van der Waals surface area contributed by atoms with E-state index in [1.54, 1.807) is 13.0 Å². The Balaban J connectivity index is 2.90. The van der Waals surface area contributed by atoms with Crippen LogP contribution in [-0.4, -0.2) is 12.0 Å². The summed E-state index contributed by atoms with van der Waals surface area (Å²) in [5.41, 5.74) is 1.71. The molecule has 0 N–H and O–H groups in total. The summed E-state index contributed by atoms with van der Waals surface area (Å²) in [6.45, 7) is 2.06. The van der Waals surface area contributed by atoms with Gasteiger partial charge in [0.25, 0.3) is 0 Å². The summed E-state index contributed by atoms with van der Waals surface area (Å²) in [7, 11) is 0. The van der Waals surface area contributed by atoms with Gasteiger partial charge in [-0.3, -0.25) is 4.79 Å². The third-order valence-electron chi connectivity index (χ3n) is 1.78. The molecule has 4 heteroatoms. The highest BCUT2D eigenvalue weighted by Gasteiger charge is 2.04. The molecular weight excluding hydrogens is 264 g/mol. The fourth-order valence-electron chi connectivity index (χ4n) is 1.03. The Labute approximate surface area is 96.4 Å². The van der Waals surface area contributed by atoms with Crippen molar-refractivity contribution in [3.63, 3.8) is 0 Å². The lowest BCUT2D eigenvalue weighted by Crippen LogP contribution is -1.95. The van der Waals surface area contributed by atoms with Crippen molar-refractivity contribution in [3.8, 4) is 0 Å². The van der Waals surface area contributed by atoms with Crippen molar-refractivity contribution in [2.45, 2.75) is 13.5 Å². The average Bonchev–Trinajstić information content (AvgIpc) is 2.16. The Hall–Kier alpha value is -0.320. The summed E-state index contributed by atoms with van der Waals surface area (Å²) in [6, 6.07) is 5.52. The molecule has 0 unspecified atom stereocenters. The first-order chi connectivity index (χ1) is 6.65. The first kappa shape index (κ1) is 11.8. The van der Waals surface area contributed by atoms with Gasteiger partial charge in [0.1, 0.15) is 0 Å². The van der Waals surface area contributed by atoms with Crippen LogP contribution in [0.15, 0.2) is 22.7 Å². The molecule has 14 heavy (non-hydrogen) atoms. The van der Waals surface area contributed by atoms with Gasteiger partial charge < -0.3 is 4.18 Å². The number of carbonyl (C=O) groups excluding carboxylic acids is 1. The van der Waals surface area contributed by atoms with Crippen LogP contribution in [0.25, 0.3) is 0 Å². The number of benzene rings is 1. The summed E-state index contributed by atoms with van der Waals surface area (Å²) in [6.07, 6.45) is 1.86. The molecule has 0 bridgehead atoms. The molecule has 0 heterocycles. The van der Waals surface area contributed by atoms with Crippen LogP contribution in [-0.2, 0) is 10.8 Å². The molecule has 0 spiro atoms. The molecule has 2 nitrogen and oxygen atoms in total. The van der Waals surface area contributed by atoms with Gasteiger partial charge in [-0.15, -0.1) is 0 Å². The zero-order chi connectivity index (χ0) is 10.6. The first-order valence-corrected chi connectivity index (χ1v) is 6.04. The number of Topliss-reactive ketones (excluding diaryl/α,β-unsaturated/α-hetero) is 1. The molecule has 0 saturated heterocycles. The van der Waals surface area contributed by atoms with Crippen molar-refractivity contribution >= 4 is 33.8 Å². The minimum absolute atomic E-state index is 0.0721. The average molecular weight is 275 g/mol. The molecule has 0 aliphatic carbocycles. The molecule has 0 radical (unpaired) electrons. The fourth-order valence-corrected chi connectivity index (χ4v) is 1.63. The monoisotopic (exact) mass is 274 g/mol. The number of carbonyl (C=O) groups is 1. The smallest absolute Gasteiger partial charge is 0.159 e. The van der Waals surface area contributed by atoms with Crippen molar-refractivity contribution in [2.75, 3.05) is 6.26 Å². The van der Waals surface area contributed by atoms with Crippen LogP contribution in [0.4, 0.5) is 0 Å². The van der Waals surface area contributed by atoms with Crippen LogP contribution >= 0.6 is 28.0 Å². The number of halogens is 1. The molecule has 0 aliphatic heterocycles. The van der Waals surface area contributed by atoms with Gasteiger partial charge in [-0.05, 0) is 36.7 Å². The van der Waals surface area contributed by atoms with E-state index in [4.69, 9.17) is 4.18 Å². The molecule has 0 fully saturated rings. The summed E-state index contributed by atoms with van der Waals surface area (Å²) < 4.78 is 6.18. The van der Waals surface area contributed by atoms with E-state index in [0.717, 1.165) is 10.0 Å². The van der Waals surface area contributed by atoms with E-state index in [1.807, 2.05) is 18.4 Å². The summed E-state index contributed by atoms with van der Waals surface area (Å²) in [5.74, 6) is 0.0721. The van der Waals surface area contributed by atoms with E-state index in [2.05, 4.69) is 15.9 Å². The second-order valence-corrected chi connectivity index (χ2v) is 4.21. The predicted octanol–water partition coefficient (Wildman–Crippen LogP) is 3.45. The number of hydrogen-bond acceptors (Lipinski definition) is 3. The molecule has 0 aromatic heterocycles. The minimum atomic E-state index is 0.0721. The predicted molar refractivity (Wildman–Crippen MR) is 62.5 cm³/mol. The van der Waals surface area contributed by atoms with Gasteiger partial charge >= 0.3 is 0 Å². The maximum atomic E-state index is 11.1. The Morgan fingerprint density at radius 3 is 2.86 bits per heavy atom. The van der Waals surface area contributed by atoms with Gasteiger partial charge in [-0.1, -0.05) is 22.0 Å². The topological polar surface area (TPSA) is 26.3 Å². The molecule has 76 valence electrons. The lowest BCUT2D eigenvalue weighted by atomic mass is 10.1. The van der Waals surface area contributed by atoms with Gasteiger partial charge in [-0.2, -0.15) is 0 Å². The summed E-state index contributed by atoms with van der Waals surface area (Å²) in [5, 5.41) is 0. The maximum absolute atomic E-state index is 11.1. The summed E-state index contributed by atoms with van der Waals surface area (Å²) in [4.78, 5) is 11.1. The largest absolute Gasteiger partial charge is 0.311 e. The van der Waals surface area contributed by atoms with Gasteiger partial charge in [0.15, 0.2) is 5.78 Å². The van der Waals surface area contributed by atoms with Crippen molar-refractivity contribution in [3.05, 3.63) is 33.8 Å². The van der Waals surface area contributed by atoms with Crippen molar-refractivity contribution < 1.29 is 8.98 Å². The van der Waals surface area contributed by atoms with E-state index >= 15 is 0 Å². The van der Waals surface area contributed by atoms with Crippen LogP contribution in [0.5, 0.6) is 0 Å². The lowest BCUT2D eigenvalue weighted by molar-refractivity contribution is 0.101. The highest BCUT2D eigenvalue weighted by Crippen LogP contribution is 2.20. The van der Waals surface area contributed by atoms with Crippen molar-refractivity contribution in [1.29, 1.82) is 0 Å². The van der Waals surface area contributed by atoms with Gasteiger partial charge in [0, 0.05) is 16.3 Å². The molecule has 0 saturated carbocycles. The lowest BCUT2D eigenvalue weighted by Gasteiger charge is -2.05. The zero-order valence-corrected chi connectivity index (χ0v) is 10.4. The first-order valence-electron chi connectivity index (χ1n) is 4.10. The quantitative estimate of drug-likeness (QED) is 0.622. The van der Waals surface area contributed by atoms with Gasteiger partial charge in [0.05, 0.1) is 6.61 Å². The molecule has 0 atom stereocenters. The molecule has 1 aromatic carbocycles. The molecule has 1 aromatic rings. The Morgan fingerprint density at radius 2 is 2.29 bits per heavy atom. The highest BCUT2D eigenvalue weighted by atomic mass is 79.9. The standard InChI is InChI=1S/C10H11BrO2S/c1-7(12)8-3-4-10(11)9(5-8)6-13-14-2/h3-5H,6H2,1-2H3. The van der Waals surface area contributed by atoms with Crippen molar-refractivity contribution in [2.24, 2.45) is 0 Å². The zero-order valence-electron chi connectivity index (χ0n) is 8.04. The Morgan fingerprint density at radius 1 is 1.57 bits per heavy atom. The SMILES string of the molecule is CSOCc1cc(C(C)=O)ccc1Br. The molecule has 1 rings (SSSR count). The maximum Gasteiger partial charge on any atom is 0.159 e. The van der Waals surface area contributed by atoms with E-state index in [9.17, 15) is 4.79 Å². The molecular formula is C10H11BrO2S. The second kappa shape index (κ2) is 5.53. The Kier molecular flexibility index (Phi) is 4.65. The second-order valence-electron chi connectivity index (χ2n) is 2.79. The van der Waals surface area contributed by atoms with E-state index in [1.165, 1.54) is 12.0 Å². The van der Waals surface area contributed by atoms with Crippen LogP contribution < -0.4 is 0 Å². The number of rotatable bonds is 4. The van der Waals surface area contributed by atoms with E-state index < -0.39 is 0 Å². The molecule has 0 aliphatic rings. The fraction of sp³-hybridized carbons (Fsp3) is 0.300. The number of ketones is 1. The van der Waals surface area contributed by atoms with Crippen molar-refractivity contribution in [1.82, 2.24) is 0 Å². The van der Waals surface area contributed by atoms with Crippen LogP contribution in [0, 0.1) is 0 Å². The van der Waals surface area contributed by atoms with Crippen LogP contribution in [0.3, 0.4) is 0 Å². The third kappa shape index (κ3) is 3.12. The van der Waals surface area contributed by atoms with E-state index in [0.29, 0.717) is 12.2 Å². The Bertz CT molecular complexity index is 339. The highest BCUT2D eigenvalue weighted by molar-refractivity contribution is 9.10. The minimum Gasteiger partial charge on any atom is -0.311 e. The van der Waals surface area contributed by atoms with E-state index in [-0.39, 0.29) is 5.78 Å². The number of hydrogen-bond donors (Lipinski definition) is 0. The van der Waals surface area contributed by atoms with Crippen LogP contribution in [0.2, 0.25) is 0 Å². The molecule has 0 amide bonds. The van der Waals surface area contributed by atoms with Gasteiger partial charge in [-0.25, -0.2) is 0 Å². The third-order valence-corrected chi connectivity index (χ3v) is 2.91.